The van der Waals surface area contributed by atoms with Crippen molar-refractivity contribution < 1.29 is 18.7 Å². The zero-order valence-electron chi connectivity index (χ0n) is 16.5. The fourth-order valence-electron chi connectivity index (χ4n) is 3.41. The number of carbonyl (C=O) groups is 1. The maximum absolute atomic E-state index is 14.4. The Bertz CT molecular complexity index is 987. The molecule has 0 radical (unpaired) electrons. The molecule has 1 saturated heterocycles. The van der Waals surface area contributed by atoms with E-state index in [1.54, 1.807) is 30.3 Å². The Morgan fingerprint density at radius 1 is 0.867 bits per heavy atom. The van der Waals surface area contributed by atoms with Crippen LogP contribution in [-0.4, -0.2) is 25.6 Å². The third-order valence-electron chi connectivity index (χ3n) is 4.88. The Balaban J connectivity index is 1.34. The van der Waals surface area contributed by atoms with Crippen molar-refractivity contribution in [2.45, 2.75) is 12.8 Å². The van der Waals surface area contributed by atoms with Gasteiger partial charge in [0.2, 0.25) is 0 Å². The Hall–Kier alpha value is -3.54. The van der Waals surface area contributed by atoms with Crippen LogP contribution in [0.1, 0.15) is 12.8 Å². The minimum absolute atomic E-state index is 0.208. The number of nitrogens with zero attached hydrogens (tertiary/aromatic N) is 1. The molecule has 0 saturated carbocycles. The van der Waals surface area contributed by atoms with E-state index in [0.717, 1.165) is 31.7 Å². The largest absolute Gasteiger partial charge is 0.484 e. The lowest BCUT2D eigenvalue weighted by molar-refractivity contribution is -0.118. The number of anilines is 2. The second-order valence-corrected chi connectivity index (χ2v) is 7.05. The molecule has 3 aromatic rings. The highest BCUT2D eigenvalue weighted by atomic mass is 19.1. The summed E-state index contributed by atoms with van der Waals surface area (Å²) in [5.41, 5.74) is 0.919. The van der Waals surface area contributed by atoms with E-state index in [4.69, 9.17) is 9.47 Å². The van der Waals surface area contributed by atoms with E-state index < -0.39 is 11.7 Å². The molecule has 154 valence electrons. The molecule has 1 heterocycles. The molecule has 0 bridgehead atoms. The number of hydrogen-bond donors (Lipinski definition) is 1. The highest BCUT2D eigenvalue weighted by molar-refractivity contribution is 5.95. The minimum atomic E-state index is -0.449. The predicted octanol–water partition coefficient (Wildman–Crippen LogP) is 5.24. The van der Waals surface area contributed by atoms with Crippen molar-refractivity contribution in [2.24, 2.45) is 0 Å². The van der Waals surface area contributed by atoms with Crippen LogP contribution in [0.2, 0.25) is 0 Å². The molecule has 0 spiro atoms. The first-order valence-electron chi connectivity index (χ1n) is 9.98. The summed E-state index contributed by atoms with van der Waals surface area (Å²) < 4.78 is 25.6. The van der Waals surface area contributed by atoms with Gasteiger partial charge in [0.15, 0.2) is 6.61 Å². The minimum Gasteiger partial charge on any atom is -0.484 e. The number of ether oxygens (including phenoxy) is 2. The Morgan fingerprint density at radius 2 is 1.53 bits per heavy atom. The van der Waals surface area contributed by atoms with Crippen LogP contribution < -0.4 is 19.7 Å². The van der Waals surface area contributed by atoms with Gasteiger partial charge in [-0.3, -0.25) is 4.79 Å². The monoisotopic (exact) mass is 406 g/mol. The lowest BCUT2D eigenvalue weighted by Crippen LogP contribution is -2.24. The van der Waals surface area contributed by atoms with Gasteiger partial charge in [-0.2, -0.15) is 0 Å². The zero-order valence-corrected chi connectivity index (χ0v) is 16.5. The van der Waals surface area contributed by atoms with Gasteiger partial charge in [0.25, 0.3) is 5.91 Å². The van der Waals surface area contributed by atoms with Gasteiger partial charge in [-0.15, -0.1) is 0 Å². The van der Waals surface area contributed by atoms with Gasteiger partial charge in [0.05, 0.1) is 5.69 Å². The summed E-state index contributed by atoms with van der Waals surface area (Å²) in [6, 6.07) is 21.3. The van der Waals surface area contributed by atoms with Crippen molar-refractivity contribution in [2.75, 3.05) is 29.9 Å². The van der Waals surface area contributed by atoms with Gasteiger partial charge in [-0.25, -0.2) is 4.39 Å². The highest BCUT2D eigenvalue weighted by Crippen LogP contribution is 2.31. The van der Waals surface area contributed by atoms with Crippen molar-refractivity contribution in [3.8, 4) is 17.2 Å². The van der Waals surface area contributed by atoms with E-state index in [-0.39, 0.29) is 12.3 Å². The maximum Gasteiger partial charge on any atom is 0.262 e. The van der Waals surface area contributed by atoms with Crippen LogP contribution in [0.5, 0.6) is 17.2 Å². The van der Waals surface area contributed by atoms with Gasteiger partial charge in [-0.1, -0.05) is 24.3 Å². The molecule has 6 heteroatoms. The summed E-state index contributed by atoms with van der Waals surface area (Å²) >= 11 is 0. The van der Waals surface area contributed by atoms with Crippen molar-refractivity contribution in [3.63, 3.8) is 0 Å². The molecule has 0 aliphatic carbocycles. The molecule has 0 atom stereocenters. The van der Waals surface area contributed by atoms with Gasteiger partial charge in [0.1, 0.15) is 28.8 Å². The molecule has 0 aromatic heterocycles. The lowest BCUT2D eigenvalue weighted by atomic mass is 10.2. The number of rotatable bonds is 7. The van der Waals surface area contributed by atoms with E-state index in [1.165, 1.54) is 6.07 Å². The fourth-order valence-corrected chi connectivity index (χ4v) is 3.41. The topological polar surface area (TPSA) is 50.8 Å². The second-order valence-electron chi connectivity index (χ2n) is 7.05. The molecular formula is C24H23FN2O3. The molecule has 3 aromatic carbocycles. The van der Waals surface area contributed by atoms with Crippen LogP contribution in [-0.2, 0) is 4.79 Å². The average Bonchev–Trinajstić information content (AvgIpc) is 3.30. The lowest BCUT2D eigenvalue weighted by Gasteiger charge is -2.22. The highest BCUT2D eigenvalue weighted by Gasteiger charge is 2.19. The normalized spacial score (nSPS) is 13.2. The van der Waals surface area contributed by atoms with Crippen molar-refractivity contribution >= 4 is 17.3 Å². The third kappa shape index (κ3) is 4.89. The van der Waals surface area contributed by atoms with Gasteiger partial charge < -0.3 is 19.7 Å². The van der Waals surface area contributed by atoms with E-state index in [1.807, 2.05) is 36.4 Å². The van der Waals surface area contributed by atoms with Crippen molar-refractivity contribution in [1.82, 2.24) is 0 Å². The molecule has 1 aliphatic rings. The second kappa shape index (κ2) is 9.31. The molecule has 5 nitrogen and oxygen atoms in total. The quantitative estimate of drug-likeness (QED) is 0.583. The van der Waals surface area contributed by atoms with Gasteiger partial charge in [-0.05, 0) is 61.4 Å². The molecule has 1 fully saturated rings. The van der Waals surface area contributed by atoms with Crippen LogP contribution in [0.3, 0.4) is 0 Å². The summed E-state index contributed by atoms with van der Waals surface area (Å²) in [5.74, 6) is 1.07. The van der Waals surface area contributed by atoms with Gasteiger partial charge >= 0.3 is 0 Å². The van der Waals surface area contributed by atoms with E-state index in [9.17, 15) is 9.18 Å². The number of halogens is 1. The number of para-hydroxylation sites is 2. The van der Waals surface area contributed by atoms with Crippen molar-refractivity contribution in [3.05, 3.63) is 78.6 Å². The zero-order chi connectivity index (χ0) is 20.8. The van der Waals surface area contributed by atoms with Crippen LogP contribution in [0, 0.1) is 5.82 Å². The average molecular weight is 406 g/mol. The van der Waals surface area contributed by atoms with Crippen LogP contribution in [0.25, 0.3) is 0 Å². The molecule has 1 aliphatic heterocycles. The number of hydrogen-bond acceptors (Lipinski definition) is 4. The molecular weight excluding hydrogens is 383 g/mol. The summed E-state index contributed by atoms with van der Waals surface area (Å²) in [7, 11) is 0. The van der Waals surface area contributed by atoms with Crippen LogP contribution >= 0.6 is 0 Å². The summed E-state index contributed by atoms with van der Waals surface area (Å²) in [6.07, 6.45) is 2.13. The number of nitrogens with one attached hydrogen (secondary N) is 1. The summed E-state index contributed by atoms with van der Waals surface area (Å²) in [6.45, 7) is 1.51. The Kier molecular flexibility index (Phi) is 6.13. The SMILES string of the molecule is O=C(COc1ccc(Oc2ccccc2)cc1)Nc1c(F)cccc1N1CCCC1. The molecule has 4 rings (SSSR count). The van der Waals surface area contributed by atoms with Crippen LogP contribution in [0.4, 0.5) is 15.8 Å². The number of amides is 1. The standard InChI is InChI=1S/C24H23FN2O3/c25-21-9-6-10-22(27-15-4-5-16-27)24(21)26-23(28)17-29-18-11-13-20(14-12-18)30-19-7-2-1-3-8-19/h1-3,6-14H,4-5,15-17H2,(H,26,28). The predicted molar refractivity (Wildman–Crippen MR) is 115 cm³/mol. The van der Waals surface area contributed by atoms with E-state index >= 15 is 0 Å². The van der Waals surface area contributed by atoms with E-state index in [0.29, 0.717) is 17.2 Å². The first-order chi connectivity index (χ1) is 14.7. The summed E-state index contributed by atoms with van der Waals surface area (Å²) in [5, 5.41) is 2.66. The smallest absolute Gasteiger partial charge is 0.262 e. The Morgan fingerprint density at radius 3 is 2.27 bits per heavy atom. The Labute approximate surface area is 175 Å². The number of benzene rings is 3. The van der Waals surface area contributed by atoms with E-state index in [2.05, 4.69) is 10.2 Å². The molecule has 30 heavy (non-hydrogen) atoms. The molecule has 0 unspecified atom stereocenters. The summed E-state index contributed by atoms with van der Waals surface area (Å²) in [4.78, 5) is 14.5. The van der Waals surface area contributed by atoms with Crippen LogP contribution in [0.15, 0.2) is 72.8 Å². The molecule has 1 N–H and O–H groups in total. The van der Waals surface area contributed by atoms with Crippen molar-refractivity contribution in [1.29, 1.82) is 0 Å². The number of carbonyl (C=O) groups excluding carboxylic acids is 1. The van der Waals surface area contributed by atoms with Gasteiger partial charge in [0, 0.05) is 13.1 Å². The first-order valence-corrected chi connectivity index (χ1v) is 9.98. The molecule has 1 amide bonds. The first kappa shape index (κ1) is 19.8. The fraction of sp³-hybridized carbons (Fsp3) is 0.208. The third-order valence-corrected chi connectivity index (χ3v) is 4.88. The maximum atomic E-state index is 14.4.